The zero-order valence-corrected chi connectivity index (χ0v) is 12.6. The average molecular weight is 325 g/mol. The van der Waals surface area contributed by atoms with Crippen LogP contribution in [-0.2, 0) is 9.53 Å². The molecule has 0 radical (unpaired) electrons. The lowest BCUT2D eigenvalue weighted by Gasteiger charge is -2.13. The number of anilines is 1. The molecular formula is C12H15Cl2FN2O3. The second-order valence-corrected chi connectivity index (χ2v) is 4.88. The van der Waals surface area contributed by atoms with Crippen LogP contribution in [0.4, 0.5) is 10.1 Å². The Bertz CT molecular complexity index is 500. The maximum atomic E-state index is 13.3. The van der Waals surface area contributed by atoms with Gasteiger partial charge in [0.1, 0.15) is 10.0 Å². The molecule has 0 fully saturated rings. The summed E-state index contributed by atoms with van der Waals surface area (Å²) in [7, 11) is 0. The largest absolute Gasteiger partial charge is 0.464 e. The fourth-order valence-corrected chi connectivity index (χ4v) is 1.83. The van der Waals surface area contributed by atoms with Gasteiger partial charge in [-0.05, 0) is 13.3 Å². The summed E-state index contributed by atoms with van der Waals surface area (Å²) in [6.07, 6.45) is 1.42. The maximum Gasteiger partial charge on any atom is 0.344 e. The molecule has 1 aromatic heterocycles. The standard InChI is InChI=1S/C12H15Cl2FN2O3/c1-3-4-6(2)20-7(18)5-19-12-9(14)10(16)8(13)11(15)17-12/h6H,3-5H2,1-2H3,(H2,16,17). The van der Waals surface area contributed by atoms with Crippen LogP contribution in [0.3, 0.4) is 0 Å². The van der Waals surface area contributed by atoms with Crippen molar-refractivity contribution in [1.82, 2.24) is 4.98 Å². The first-order valence-electron chi connectivity index (χ1n) is 5.99. The van der Waals surface area contributed by atoms with Crippen molar-refractivity contribution in [2.45, 2.75) is 32.8 Å². The Kier molecular flexibility index (Phi) is 6.29. The predicted molar refractivity (Wildman–Crippen MR) is 74.6 cm³/mol. The number of rotatable bonds is 6. The van der Waals surface area contributed by atoms with Crippen LogP contribution in [0.1, 0.15) is 26.7 Å². The number of hydrogen-bond donors (Lipinski definition) is 1. The molecule has 0 saturated carbocycles. The van der Waals surface area contributed by atoms with E-state index in [4.69, 9.17) is 38.4 Å². The van der Waals surface area contributed by atoms with Gasteiger partial charge in [-0.1, -0.05) is 36.5 Å². The van der Waals surface area contributed by atoms with Crippen molar-refractivity contribution in [1.29, 1.82) is 0 Å². The highest BCUT2D eigenvalue weighted by Gasteiger charge is 2.18. The average Bonchev–Trinajstić information content (AvgIpc) is 2.39. The first-order chi connectivity index (χ1) is 9.36. The fraction of sp³-hybridized carbons (Fsp3) is 0.500. The molecule has 20 heavy (non-hydrogen) atoms. The second-order valence-electron chi connectivity index (χ2n) is 4.13. The molecule has 2 N–H and O–H groups in total. The van der Waals surface area contributed by atoms with Crippen LogP contribution in [0.2, 0.25) is 10.0 Å². The first-order valence-corrected chi connectivity index (χ1v) is 6.74. The van der Waals surface area contributed by atoms with Crippen molar-refractivity contribution < 1.29 is 18.7 Å². The molecule has 1 aromatic rings. The summed E-state index contributed by atoms with van der Waals surface area (Å²) in [5, 5.41) is -0.535. The Balaban J connectivity index is 2.64. The van der Waals surface area contributed by atoms with Crippen LogP contribution in [0.5, 0.6) is 5.88 Å². The van der Waals surface area contributed by atoms with E-state index in [0.717, 1.165) is 12.8 Å². The molecule has 1 rings (SSSR count). The lowest BCUT2D eigenvalue weighted by atomic mass is 10.2. The molecule has 8 heteroatoms. The molecule has 1 atom stereocenters. The minimum absolute atomic E-state index is 0.147. The number of nitrogens with two attached hydrogens (primary N) is 1. The zero-order chi connectivity index (χ0) is 15.3. The number of halogens is 3. The number of ether oxygens (including phenoxy) is 2. The molecule has 0 bridgehead atoms. The van der Waals surface area contributed by atoms with E-state index in [1.165, 1.54) is 0 Å². The molecule has 0 aliphatic carbocycles. The topological polar surface area (TPSA) is 74.4 Å². The van der Waals surface area contributed by atoms with Gasteiger partial charge in [-0.15, -0.1) is 0 Å². The number of hydrogen-bond acceptors (Lipinski definition) is 5. The Morgan fingerprint density at radius 2 is 2.10 bits per heavy atom. The van der Waals surface area contributed by atoms with Gasteiger partial charge in [0.25, 0.3) is 0 Å². The molecule has 0 aliphatic rings. The molecule has 0 amide bonds. The number of pyridine rings is 1. The number of carbonyl (C=O) groups excluding carboxylic acids is 1. The van der Waals surface area contributed by atoms with Crippen LogP contribution in [0, 0.1) is 5.95 Å². The molecule has 0 saturated heterocycles. The van der Waals surface area contributed by atoms with Crippen LogP contribution < -0.4 is 10.5 Å². The van der Waals surface area contributed by atoms with Gasteiger partial charge < -0.3 is 15.2 Å². The lowest BCUT2D eigenvalue weighted by molar-refractivity contribution is -0.151. The van der Waals surface area contributed by atoms with Crippen molar-refractivity contribution in [3.8, 4) is 5.88 Å². The lowest BCUT2D eigenvalue weighted by Crippen LogP contribution is -2.21. The SMILES string of the molecule is CCCC(C)OC(=O)COc1nc(F)c(Cl)c(N)c1Cl. The summed E-state index contributed by atoms with van der Waals surface area (Å²) in [5.41, 5.74) is 5.28. The predicted octanol–water partition coefficient (Wildman–Crippen LogP) is 3.22. The normalized spacial score (nSPS) is 12.1. The van der Waals surface area contributed by atoms with E-state index in [1.807, 2.05) is 6.92 Å². The van der Waals surface area contributed by atoms with Gasteiger partial charge in [-0.25, -0.2) is 4.79 Å². The Morgan fingerprint density at radius 1 is 1.45 bits per heavy atom. The van der Waals surface area contributed by atoms with E-state index in [9.17, 15) is 9.18 Å². The van der Waals surface area contributed by atoms with E-state index in [0.29, 0.717) is 0 Å². The highest BCUT2D eigenvalue weighted by Crippen LogP contribution is 2.35. The van der Waals surface area contributed by atoms with E-state index in [1.54, 1.807) is 6.92 Å². The summed E-state index contributed by atoms with van der Waals surface area (Å²) < 4.78 is 23.3. The van der Waals surface area contributed by atoms with Crippen molar-refractivity contribution in [2.75, 3.05) is 12.3 Å². The molecular weight excluding hydrogens is 310 g/mol. The summed E-state index contributed by atoms with van der Waals surface area (Å²) in [4.78, 5) is 14.9. The third-order valence-corrected chi connectivity index (χ3v) is 3.12. The first kappa shape index (κ1) is 16.8. The highest BCUT2D eigenvalue weighted by molar-refractivity contribution is 6.39. The van der Waals surface area contributed by atoms with Gasteiger partial charge in [0.2, 0.25) is 11.8 Å². The van der Waals surface area contributed by atoms with Gasteiger partial charge in [0.05, 0.1) is 11.8 Å². The van der Waals surface area contributed by atoms with Gasteiger partial charge in [-0.3, -0.25) is 0 Å². The highest BCUT2D eigenvalue weighted by atomic mass is 35.5. The van der Waals surface area contributed by atoms with Gasteiger partial charge in [-0.2, -0.15) is 9.37 Å². The Hall–Kier alpha value is -1.27. The molecule has 1 unspecified atom stereocenters. The van der Waals surface area contributed by atoms with Gasteiger partial charge >= 0.3 is 5.97 Å². The number of nitrogens with zero attached hydrogens (tertiary/aromatic N) is 1. The van der Waals surface area contributed by atoms with Crippen molar-refractivity contribution in [3.05, 3.63) is 16.0 Å². The van der Waals surface area contributed by atoms with Crippen molar-refractivity contribution in [2.24, 2.45) is 0 Å². The van der Waals surface area contributed by atoms with E-state index in [2.05, 4.69) is 4.98 Å². The monoisotopic (exact) mass is 324 g/mol. The quantitative estimate of drug-likeness (QED) is 0.642. The molecule has 112 valence electrons. The second kappa shape index (κ2) is 7.50. The van der Waals surface area contributed by atoms with Crippen LogP contribution in [0.15, 0.2) is 0 Å². The molecule has 0 spiro atoms. The zero-order valence-electron chi connectivity index (χ0n) is 11.1. The van der Waals surface area contributed by atoms with Crippen LogP contribution in [-0.4, -0.2) is 23.7 Å². The summed E-state index contributed by atoms with van der Waals surface area (Å²) in [6, 6.07) is 0. The number of esters is 1. The van der Waals surface area contributed by atoms with Crippen molar-refractivity contribution >= 4 is 34.9 Å². The van der Waals surface area contributed by atoms with E-state index in [-0.39, 0.29) is 27.7 Å². The smallest absolute Gasteiger partial charge is 0.344 e. The van der Waals surface area contributed by atoms with E-state index < -0.39 is 18.5 Å². The number of nitrogen functional groups attached to an aromatic ring is 1. The molecule has 1 heterocycles. The molecule has 0 aliphatic heterocycles. The number of aromatic nitrogens is 1. The fourth-order valence-electron chi connectivity index (χ4n) is 1.46. The Labute approximate surface area is 126 Å². The summed E-state index contributed by atoms with van der Waals surface area (Å²) in [5.74, 6) is -1.92. The molecule has 5 nitrogen and oxygen atoms in total. The molecule has 0 aromatic carbocycles. The minimum Gasteiger partial charge on any atom is -0.464 e. The van der Waals surface area contributed by atoms with E-state index >= 15 is 0 Å². The van der Waals surface area contributed by atoms with Crippen LogP contribution in [0.25, 0.3) is 0 Å². The Morgan fingerprint density at radius 3 is 2.70 bits per heavy atom. The maximum absolute atomic E-state index is 13.3. The van der Waals surface area contributed by atoms with Crippen LogP contribution >= 0.6 is 23.2 Å². The van der Waals surface area contributed by atoms with Gasteiger partial charge in [0, 0.05) is 0 Å². The number of carbonyl (C=O) groups is 1. The van der Waals surface area contributed by atoms with Gasteiger partial charge in [0.15, 0.2) is 6.61 Å². The third kappa shape index (κ3) is 4.38. The minimum atomic E-state index is -1.02. The summed E-state index contributed by atoms with van der Waals surface area (Å²) in [6.45, 7) is 3.30. The third-order valence-electron chi connectivity index (χ3n) is 2.40. The summed E-state index contributed by atoms with van der Waals surface area (Å²) >= 11 is 11.3. The van der Waals surface area contributed by atoms with Crippen molar-refractivity contribution in [3.63, 3.8) is 0 Å².